The third kappa shape index (κ3) is 5.20. The normalized spacial score (nSPS) is 11.6. The smallest absolute Gasteiger partial charge is 0.206 e. The van der Waals surface area contributed by atoms with Gasteiger partial charge in [-0.15, -0.1) is 0 Å². The van der Waals surface area contributed by atoms with Crippen molar-refractivity contribution in [1.29, 1.82) is 0 Å². The molecule has 0 spiro atoms. The van der Waals surface area contributed by atoms with E-state index in [9.17, 15) is 13.2 Å². The number of carbonyl (C=O) groups excluding carboxylic acids is 1. The Morgan fingerprint density at radius 3 is 2.59 bits per heavy atom. The fraction of sp³-hybridized carbons (Fsp3) is 0.259. The number of aryl methyl sites for hydroxylation is 2. The lowest BCUT2D eigenvalue weighted by Gasteiger charge is -2.11. The zero-order chi connectivity index (χ0) is 24.1. The first-order valence-corrected chi connectivity index (χ1v) is 12.9. The molecule has 4 rings (SSSR count). The van der Waals surface area contributed by atoms with Gasteiger partial charge < -0.3 is 9.14 Å². The van der Waals surface area contributed by atoms with Gasteiger partial charge in [0.15, 0.2) is 5.78 Å². The van der Waals surface area contributed by atoms with Crippen LogP contribution in [0.3, 0.4) is 0 Å². The summed E-state index contributed by atoms with van der Waals surface area (Å²) in [4.78, 5) is 17.3. The summed E-state index contributed by atoms with van der Waals surface area (Å²) in [6.07, 6.45) is 8.14. The Morgan fingerprint density at radius 1 is 1.06 bits per heavy atom. The van der Waals surface area contributed by atoms with E-state index in [1.54, 1.807) is 74.0 Å². The molecule has 34 heavy (non-hydrogen) atoms. The number of rotatable bonds is 10. The van der Waals surface area contributed by atoms with Crippen molar-refractivity contribution in [1.82, 2.24) is 9.38 Å². The number of benzene rings is 2. The zero-order valence-electron chi connectivity index (χ0n) is 19.4. The van der Waals surface area contributed by atoms with Gasteiger partial charge in [0.25, 0.3) is 0 Å². The number of sulfone groups is 1. The molecule has 4 aromatic rings. The lowest BCUT2D eigenvalue weighted by atomic mass is 10.0. The molecule has 2 aromatic heterocycles. The Bertz CT molecular complexity index is 1410. The van der Waals surface area contributed by atoms with Crippen molar-refractivity contribution in [3.8, 4) is 5.75 Å². The van der Waals surface area contributed by atoms with E-state index in [2.05, 4.69) is 11.9 Å². The molecule has 0 aliphatic carbocycles. The molecular weight excluding hydrogens is 448 g/mol. The molecule has 0 atom stereocenters. The molecule has 0 radical (unpaired) electrons. The van der Waals surface area contributed by atoms with Crippen molar-refractivity contribution < 1.29 is 17.9 Å². The van der Waals surface area contributed by atoms with Gasteiger partial charge in [-0.25, -0.2) is 13.4 Å². The van der Waals surface area contributed by atoms with E-state index in [0.29, 0.717) is 36.3 Å². The highest BCUT2D eigenvalue weighted by molar-refractivity contribution is 7.91. The first-order chi connectivity index (χ1) is 16.4. The maximum Gasteiger partial charge on any atom is 0.206 e. The van der Waals surface area contributed by atoms with Crippen molar-refractivity contribution in [2.45, 2.75) is 49.3 Å². The molecule has 0 bridgehead atoms. The van der Waals surface area contributed by atoms with Gasteiger partial charge in [-0.1, -0.05) is 25.5 Å². The van der Waals surface area contributed by atoms with E-state index in [1.807, 2.05) is 10.5 Å². The van der Waals surface area contributed by atoms with Gasteiger partial charge in [0, 0.05) is 30.6 Å². The van der Waals surface area contributed by atoms with Crippen LogP contribution in [0.25, 0.3) is 5.65 Å². The second-order valence-corrected chi connectivity index (χ2v) is 10.2. The van der Waals surface area contributed by atoms with Gasteiger partial charge in [-0.05, 0) is 73.4 Å². The minimum Gasteiger partial charge on any atom is -0.494 e. The SMILES string of the molecule is CCCCOc1ccc(S(=O)(=O)c2ccc(CCC(=O)c3ccc4nccn4c3)cc2)c(C)c1. The van der Waals surface area contributed by atoms with Gasteiger partial charge >= 0.3 is 0 Å². The van der Waals surface area contributed by atoms with E-state index in [0.717, 1.165) is 24.1 Å². The number of imidazole rings is 1. The van der Waals surface area contributed by atoms with Gasteiger partial charge in [-0.3, -0.25) is 4.79 Å². The largest absolute Gasteiger partial charge is 0.494 e. The Balaban J connectivity index is 1.42. The Kier molecular flexibility index (Phi) is 7.12. The van der Waals surface area contributed by atoms with Gasteiger partial charge in [0.1, 0.15) is 11.4 Å². The molecule has 0 amide bonds. The average Bonchev–Trinajstić information content (AvgIpc) is 3.31. The van der Waals surface area contributed by atoms with Crippen molar-refractivity contribution in [3.05, 3.63) is 89.9 Å². The molecule has 0 saturated heterocycles. The molecule has 0 aliphatic heterocycles. The monoisotopic (exact) mass is 476 g/mol. The van der Waals surface area contributed by atoms with Crippen LogP contribution in [0.5, 0.6) is 5.75 Å². The molecule has 2 aromatic carbocycles. The predicted molar refractivity (Wildman–Crippen MR) is 131 cm³/mol. The predicted octanol–water partition coefficient (Wildman–Crippen LogP) is 5.47. The maximum absolute atomic E-state index is 13.2. The molecule has 0 aliphatic rings. The van der Waals surface area contributed by atoms with Crippen LogP contribution in [0.4, 0.5) is 0 Å². The minimum absolute atomic E-state index is 0.0316. The fourth-order valence-corrected chi connectivity index (χ4v) is 5.28. The van der Waals surface area contributed by atoms with E-state index in [-0.39, 0.29) is 15.6 Å². The number of ether oxygens (including phenoxy) is 1. The molecule has 7 heteroatoms. The Morgan fingerprint density at radius 2 is 1.85 bits per heavy atom. The summed E-state index contributed by atoms with van der Waals surface area (Å²) in [6.45, 7) is 4.49. The highest BCUT2D eigenvalue weighted by atomic mass is 32.2. The quantitative estimate of drug-likeness (QED) is 0.224. The Hall–Kier alpha value is -3.45. The summed E-state index contributed by atoms with van der Waals surface area (Å²) in [7, 11) is -3.65. The van der Waals surface area contributed by atoms with Crippen LogP contribution in [0.15, 0.2) is 83.0 Å². The molecule has 2 heterocycles. The number of Topliss-reactive ketones (excluding diaryl/α,β-unsaturated/α-hetero) is 1. The molecule has 0 N–H and O–H groups in total. The molecule has 176 valence electrons. The number of unbranched alkanes of at least 4 members (excludes halogenated alkanes) is 1. The van der Waals surface area contributed by atoms with E-state index < -0.39 is 9.84 Å². The van der Waals surface area contributed by atoms with Crippen molar-refractivity contribution in [3.63, 3.8) is 0 Å². The van der Waals surface area contributed by atoms with Gasteiger partial charge in [0.05, 0.1) is 16.4 Å². The van der Waals surface area contributed by atoms with Crippen LogP contribution in [0.2, 0.25) is 0 Å². The number of fused-ring (bicyclic) bond motifs is 1. The van der Waals surface area contributed by atoms with Crippen molar-refractivity contribution in [2.75, 3.05) is 6.61 Å². The topological polar surface area (TPSA) is 77.7 Å². The van der Waals surface area contributed by atoms with Crippen LogP contribution < -0.4 is 4.74 Å². The summed E-state index contributed by atoms with van der Waals surface area (Å²) in [5, 5.41) is 0. The molecule has 0 fully saturated rings. The number of ketones is 1. The van der Waals surface area contributed by atoms with E-state index in [1.165, 1.54) is 0 Å². The number of hydrogen-bond acceptors (Lipinski definition) is 5. The summed E-state index contributed by atoms with van der Waals surface area (Å²) in [5.41, 5.74) is 2.98. The van der Waals surface area contributed by atoms with E-state index >= 15 is 0 Å². The average molecular weight is 477 g/mol. The second kappa shape index (κ2) is 10.2. The summed E-state index contributed by atoms with van der Waals surface area (Å²) >= 11 is 0. The minimum atomic E-state index is -3.65. The number of hydrogen-bond donors (Lipinski definition) is 0. The summed E-state index contributed by atoms with van der Waals surface area (Å²) in [6, 6.07) is 15.4. The van der Waals surface area contributed by atoms with Gasteiger partial charge in [-0.2, -0.15) is 0 Å². The number of pyridine rings is 1. The molecule has 6 nitrogen and oxygen atoms in total. The highest BCUT2D eigenvalue weighted by Crippen LogP contribution is 2.27. The third-order valence-corrected chi connectivity index (χ3v) is 7.72. The van der Waals surface area contributed by atoms with Crippen LogP contribution in [0, 0.1) is 6.92 Å². The van der Waals surface area contributed by atoms with Crippen molar-refractivity contribution >= 4 is 21.3 Å². The fourth-order valence-electron chi connectivity index (χ4n) is 3.80. The van der Waals surface area contributed by atoms with E-state index in [4.69, 9.17) is 4.74 Å². The molecule has 0 saturated carbocycles. The van der Waals surface area contributed by atoms with Crippen LogP contribution in [0.1, 0.15) is 47.7 Å². The van der Waals surface area contributed by atoms with Crippen LogP contribution in [-0.4, -0.2) is 30.2 Å². The lowest BCUT2D eigenvalue weighted by molar-refractivity contribution is 0.0982. The molecule has 0 unspecified atom stereocenters. The number of carbonyl (C=O) groups is 1. The first kappa shape index (κ1) is 23.7. The Labute approximate surface area is 200 Å². The summed E-state index contributed by atoms with van der Waals surface area (Å²) < 4.78 is 33.8. The lowest BCUT2D eigenvalue weighted by Crippen LogP contribution is -2.06. The maximum atomic E-state index is 13.2. The number of nitrogens with zero attached hydrogens (tertiary/aromatic N) is 2. The number of aromatic nitrogens is 2. The zero-order valence-corrected chi connectivity index (χ0v) is 20.2. The third-order valence-electron chi connectivity index (χ3n) is 5.79. The summed E-state index contributed by atoms with van der Waals surface area (Å²) in [5.74, 6) is 0.710. The second-order valence-electron chi connectivity index (χ2n) is 8.31. The first-order valence-electron chi connectivity index (χ1n) is 11.4. The van der Waals surface area contributed by atoms with Crippen LogP contribution >= 0.6 is 0 Å². The van der Waals surface area contributed by atoms with Crippen molar-refractivity contribution in [2.24, 2.45) is 0 Å². The highest BCUT2D eigenvalue weighted by Gasteiger charge is 2.20. The standard InChI is InChI=1S/C27H28N2O4S/c1-3-4-17-33-23-9-13-26(20(2)18-23)34(31,32)24-10-5-21(6-11-24)7-12-25(30)22-8-14-27-28-15-16-29(27)19-22/h5-6,8-11,13-16,18-19H,3-4,7,12,17H2,1-2H3. The van der Waals surface area contributed by atoms with Gasteiger partial charge in [0.2, 0.25) is 9.84 Å². The molecular formula is C27H28N2O4S. The van der Waals surface area contributed by atoms with Crippen LogP contribution in [-0.2, 0) is 16.3 Å².